The van der Waals surface area contributed by atoms with Gasteiger partial charge in [0.1, 0.15) is 0 Å². The van der Waals surface area contributed by atoms with Crippen LogP contribution in [-0.4, -0.2) is 30.1 Å². The molecular weight excluding hydrogens is 340 g/mol. The summed E-state index contributed by atoms with van der Waals surface area (Å²) in [6.45, 7) is 3.99. The number of aromatic nitrogens is 3. The van der Waals surface area contributed by atoms with Crippen molar-refractivity contribution in [1.29, 1.82) is 0 Å². The Kier molecular flexibility index (Phi) is 4.91. The molecule has 7 nitrogen and oxygen atoms in total. The number of nitrogens with one attached hydrogen (secondary N) is 1. The van der Waals surface area contributed by atoms with Gasteiger partial charge in [0.2, 0.25) is 21.8 Å². The van der Waals surface area contributed by atoms with Crippen LogP contribution in [0.5, 0.6) is 0 Å². The first kappa shape index (κ1) is 17.2. The van der Waals surface area contributed by atoms with Crippen LogP contribution >= 0.6 is 0 Å². The van der Waals surface area contributed by atoms with Crippen molar-refractivity contribution in [3.8, 4) is 11.5 Å². The minimum absolute atomic E-state index is 0.171. The van der Waals surface area contributed by atoms with Crippen LogP contribution in [0.15, 0.2) is 52.0 Å². The number of rotatable bonds is 6. The zero-order valence-electron chi connectivity index (χ0n) is 13.9. The Morgan fingerprint density at radius 2 is 1.96 bits per heavy atom. The SMILES string of the molecule is Cc1ccc(S(=O)(=O)NCCc2nnc(-c3cccnc3)o2)cc1C. The fraction of sp³-hybridized carbons (Fsp3) is 0.235. The molecule has 3 rings (SSSR count). The van der Waals surface area contributed by atoms with E-state index in [0.717, 1.165) is 16.7 Å². The van der Waals surface area contributed by atoms with Gasteiger partial charge in [-0.1, -0.05) is 6.07 Å². The lowest BCUT2D eigenvalue weighted by atomic mass is 10.1. The van der Waals surface area contributed by atoms with Crippen molar-refractivity contribution in [1.82, 2.24) is 19.9 Å². The highest BCUT2D eigenvalue weighted by molar-refractivity contribution is 7.89. The number of aryl methyl sites for hydroxylation is 2. The molecule has 0 spiro atoms. The van der Waals surface area contributed by atoms with Crippen molar-refractivity contribution in [2.24, 2.45) is 0 Å². The summed E-state index contributed by atoms with van der Waals surface area (Å²) in [4.78, 5) is 4.24. The molecule has 0 radical (unpaired) electrons. The van der Waals surface area contributed by atoms with Gasteiger partial charge in [0.15, 0.2) is 0 Å². The van der Waals surface area contributed by atoms with Crippen molar-refractivity contribution in [2.45, 2.75) is 25.2 Å². The highest BCUT2D eigenvalue weighted by Gasteiger charge is 2.15. The van der Waals surface area contributed by atoms with E-state index in [0.29, 0.717) is 18.2 Å². The van der Waals surface area contributed by atoms with Crippen molar-refractivity contribution < 1.29 is 12.8 Å². The Bertz CT molecular complexity index is 969. The first-order valence-electron chi connectivity index (χ1n) is 7.75. The first-order valence-corrected chi connectivity index (χ1v) is 9.24. The second kappa shape index (κ2) is 7.12. The van der Waals surface area contributed by atoms with Gasteiger partial charge in [-0.2, -0.15) is 0 Å². The summed E-state index contributed by atoms with van der Waals surface area (Å²) in [5.74, 6) is 0.724. The average Bonchev–Trinajstić information content (AvgIpc) is 3.07. The van der Waals surface area contributed by atoms with Gasteiger partial charge in [0.25, 0.3) is 0 Å². The molecule has 1 N–H and O–H groups in total. The lowest BCUT2D eigenvalue weighted by molar-refractivity contribution is 0.501. The third-order valence-corrected chi connectivity index (χ3v) is 5.25. The second-order valence-electron chi connectivity index (χ2n) is 5.64. The molecule has 0 amide bonds. The van der Waals surface area contributed by atoms with Crippen molar-refractivity contribution in [3.05, 3.63) is 59.7 Å². The summed E-state index contributed by atoms with van der Waals surface area (Å²) in [7, 11) is -3.56. The number of pyridine rings is 1. The Hall–Kier alpha value is -2.58. The van der Waals surface area contributed by atoms with E-state index in [9.17, 15) is 8.42 Å². The Labute approximate surface area is 146 Å². The maximum Gasteiger partial charge on any atom is 0.249 e. The molecule has 130 valence electrons. The highest BCUT2D eigenvalue weighted by atomic mass is 32.2. The summed E-state index contributed by atoms with van der Waals surface area (Å²) in [6, 6.07) is 8.63. The van der Waals surface area contributed by atoms with Gasteiger partial charge in [-0.15, -0.1) is 10.2 Å². The molecule has 0 saturated heterocycles. The third kappa shape index (κ3) is 4.09. The second-order valence-corrected chi connectivity index (χ2v) is 7.40. The molecule has 0 fully saturated rings. The van der Waals surface area contributed by atoms with Crippen LogP contribution in [0.3, 0.4) is 0 Å². The zero-order chi connectivity index (χ0) is 17.9. The molecule has 2 aromatic heterocycles. The van der Waals surface area contributed by atoms with Crippen LogP contribution in [0.4, 0.5) is 0 Å². The number of hydrogen-bond acceptors (Lipinski definition) is 6. The van der Waals surface area contributed by atoms with Crippen LogP contribution in [0.2, 0.25) is 0 Å². The zero-order valence-corrected chi connectivity index (χ0v) is 14.7. The lowest BCUT2D eigenvalue weighted by Gasteiger charge is -2.07. The molecule has 0 aliphatic carbocycles. The van der Waals surface area contributed by atoms with E-state index in [2.05, 4.69) is 19.9 Å². The highest BCUT2D eigenvalue weighted by Crippen LogP contribution is 2.17. The minimum atomic E-state index is -3.56. The van der Waals surface area contributed by atoms with Gasteiger partial charge in [-0.3, -0.25) is 4.98 Å². The van der Waals surface area contributed by atoms with E-state index in [1.807, 2.05) is 19.9 Å². The lowest BCUT2D eigenvalue weighted by Crippen LogP contribution is -2.26. The van der Waals surface area contributed by atoms with E-state index < -0.39 is 10.0 Å². The number of hydrogen-bond donors (Lipinski definition) is 1. The van der Waals surface area contributed by atoms with Crippen molar-refractivity contribution in [3.63, 3.8) is 0 Å². The van der Waals surface area contributed by atoms with E-state index in [1.54, 1.807) is 36.7 Å². The van der Waals surface area contributed by atoms with Gasteiger partial charge in [-0.05, 0) is 49.2 Å². The van der Waals surface area contributed by atoms with Crippen molar-refractivity contribution >= 4 is 10.0 Å². The van der Waals surface area contributed by atoms with Gasteiger partial charge in [0.05, 0.1) is 10.5 Å². The first-order chi connectivity index (χ1) is 12.0. The van der Waals surface area contributed by atoms with E-state index in [4.69, 9.17) is 4.42 Å². The summed E-state index contributed by atoms with van der Waals surface area (Å²) < 4.78 is 32.7. The molecule has 0 aliphatic rings. The standard InChI is InChI=1S/C17H18N4O3S/c1-12-5-6-15(10-13(12)2)25(22,23)19-9-7-16-20-21-17(24-16)14-4-3-8-18-11-14/h3-6,8,10-11,19H,7,9H2,1-2H3. The fourth-order valence-corrected chi connectivity index (χ4v) is 3.33. The number of sulfonamides is 1. The number of benzene rings is 1. The number of nitrogens with zero attached hydrogens (tertiary/aromatic N) is 3. The summed E-state index contributed by atoms with van der Waals surface area (Å²) in [5, 5.41) is 7.88. The van der Waals surface area contributed by atoms with E-state index in [1.165, 1.54) is 0 Å². The average molecular weight is 358 g/mol. The summed E-state index contributed by atoms with van der Waals surface area (Å²) >= 11 is 0. The van der Waals surface area contributed by atoms with Gasteiger partial charge < -0.3 is 4.42 Å². The van der Waals surface area contributed by atoms with Gasteiger partial charge in [-0.25, -0.2) is 13.1 Å². The Balaban J connectivity index is 1.63. The van der Waals surface area contributed by atoms with Crippen LogP contribution < -0.4 is 4.72 Å². The quantitative estimate of drug-likeness (QED) is 0.726. The fourth-order valence-electron chi connectivity index (χ4n) is 2.22. The normalized spacial score (nSPS) is 11.6. The molecule has 8 heteroatoms. The molecule has 0 aliphatic heterocycles. The Morgan fingerprint density at radius 1 is 1.12 bits per heavy atom. The monoisotopic (exact) mass is 358 g/mol. The molecule has 0 saturated carbocycles. The molecule has 3 aromatic rings. The van der Waals surface area contributed by atoms with Gasteiger partial charge >= 0.3 is 0 Å². The summed E-state index contributed by atoms with van der Waals surface area (Å²) in [5.41, 5.74) is 2.70. The molecule has 0 atom stereocenters. The largest absolute Gasteiger partial charge is 0.421 e. The molecule has 0 unspecified atom stereocenters. The predicted molar refractivity (Wildman–Crippen MR) is 92.3 cm³/mol. The minimum Gasteiger partial charge on any atom is -0.421 e. The van der Waals surface area contributed by atoms with E-state index in [-0.39, 0.29) is 11.4 Å². The molecular formula is C17H18N4O3S. The van der Waals surface area contributed by atoms with Crippen LogP contribution in [0.1, 0.15) is 17.0 Å². The van der Waals surface area contributed by atoms with Crippen LogP contribution in [0, 0.1) is 13.8 Å². The molecule has 0 bridgehead atoms. The van der Waals surface area contributed by atoms with Crippen LogP contribution in [0.25, 0.3) is 11.5 Å². The Morgan fingerprint density at radius 3 is 2.68 bits per heavy atom. The topological polar surface area (TPSA) is 98.0 Å². The third-order valence-electron chi connectivity index (χ3n) is 3.79. The maximum absolute atomic E-state index is 12.3. The molecule has 25 heavy (non-hydrogen) atoms. The maximum atomic E-state index is 12.3. The van der Waals surface area contributed by atoms with Crippen molar-refractivity contribution in [2.75, 3.05) is 6.54 Å². The smallest absolute Gasteiger partial charge is 0.249 e. The van der Waals surface area contributed by atoms with E-state index >= 15 is 0 Å². The molecule has 1 aromatic carbocycles. The molecule has 2 heterocycles. The van der Waals surface area contributed by atoms with Crippen LogP contribution in [-0.2, 0) is 16.4 Å². The summed E-state index contributed by atoms with van der Waals surface area (Å²) in [6.07, 6.45) is 3.58. The predicted octanol–water partition coefficient (Wildman–Crippen LogP) is 2.27. The van der Waals surface area contributed by atoms with Gasteiger partial charge in [0, 0.05) is 25.4 Å².